The van der Waals surface area contributed by atoms with Crippen LogP contribution in [0.15, 0.2) is 0 Å². The molecular formula is C17H33N3O. The molecule has 0 radical (unpaired) electrons. The van der Waals surface area contributed by atoms with E-state index in [9.17, 15) is 4.79 Å². The zero-order valence-corrected chi connectivity index (χ0v) is 14.1. The summed E-state index contributed by atoms with van der Waals surface area (Å²) in [6, 6.07) is 1.54. The minimum absolute atomic E-state index is 0.358. The van der Waals surface area contributed by atoms with Gasteiger partial charge < -0.3 is 10.2 Å². The Morgan fingerprint density at radius 3 is 2.52 bits per heavy atom. The molecule has 2 aliphatic heterocycles. The summed E-state index contributed by atoms with van der Waals surface area (Å²) in [4.78, 5) is 17.3. The fourth-order valence-corrected chi connectivity index (χ4v) is 3.82. The molecule has 3 unspecified atom stereocenters. The number of piperazine rings is 1. The lowest BCUT2D eigenvalue weighted by Crippen LogP contribution is -2.59. The Balaban J connectivity index is 1.95. The maximum absolute atomic E-state index is 12.8. The Labute approximate surface area is 130 Å². The van der Waals surface area contributed by atoms with Crippen LogP contribution in [-0.2, 0) is 4.79 Å². The molecule has 4 nitrogen and oxygen atoms in total. The molecule has 0 aromatic rings. The molecule has 1 N–H and O–H groups in total. The van der Waals surface area contributed by atoms with Gasteiger partial charge in [-0.15, -0.1) is 0 Å². The number of rotatable bonds is 5. The highest BCUT2D eigenvalue weighted by atomic mass is 16.2. The third-order valence-electron chi connectivity index (χ3n) is 5.33. The van der Waals surface area contributed by atoms with E-state index in [1.807, 2.05) is 0 Å². The number of nitrogens with one attached hydrogen (secondary N) is 1. The third kappa shape index (κ3) is 4.19. The summed E-state index contributed by atoms with van der Waals surface area (Å²) in [6.45, 7) is 10.3. The van der Waals surface area contributed by atoms with Crippen molar-refractivity contribution in [2.75, 3.05) is 26.2 Å². The van der Waals surface area contributed by atoms with Crippen molar-refractivity contribution in [3.8, 4) is 0 Å². The molecule has 4 heteroatoms. The maximum atomic E-state index is 12.8. The van der Waals surface area contributed by atoms with Crippen LogP contribution >= 0.6 is 0 Å². The predicted molar refractivity (Wildman–Crippen MR) is 87.4 cm³/mol. The second-order valence-electron chi connectivity index (χ2n) is 6.65. The molecule has 0 spiro atoms. The Morgan fingerprint density at radius 2 is 1.86 bits per heavy atom. The van der Waals surface area contributed by atoms with E-state index in [1.165, 1.54) is 19.3 Å². The van der Waals surface area contributed by atoms with Crippen molar-refractivity contribution in [2.24, 2.45) is 0 Å². The highest BCUT2D eigenvalue weighted by Crippen LogP contribution is 2.20. The van der Waals surface area contributed by atoms with Crippen molar-refractivity contribution in [3.05, 3.63) is 0 Å². The quantitative estimate of drug-likeness (QED) is 0.845. The topological polar surface area (TPSA) is 35.6 Å². The summed E-state index contributed by atoms with van der Waals surface area (Å²) >= 11 is 0. The van der Waals surface area contributed by atoms with Crippen molar-refractivity contribution >= 4 is 5.91 Å². The average Bonchev–Trinajstić information content (AvgIpc) is 2.54. The molecule has 21 heavy (non-hydrogen) atoms. The molecule has 2 saturated heterocycles. The monoisotopic (exact) mass is 295 g/mol. The van der Waals surface area contributed by atoms with Crippen molar-refractivity contribution < 1.29 is 4.79 Å². The first kappa shape index (κ1) is 16.8. The minimum atomic E-state index is 0.358. The average molecular weight is 295 g/mol. The highest BCUT2D eigenvalue weighted by molar-refractivity contribution is 5.78. The zero-order chi connectivity index (χ0) is 15.2. The van der Waals surface area contributed by atoms with Gasteiger partial charge in [-0.05, 0) is 38.5 Å². The lowest BCUT2D eigenvalue weighted by atomic mass is 9.99. The molecule has 2 fully saturated rings. The minimum Gasteiger partial charge on any atom is -0.339 e. The van der Waals surface area contributed by atoms with Gasteiger partial charge in [0.2, 0.25) is 5.91 Å². The van der Waals surface area contributed by atoms with E-state index in [2.05, 4.69) is 35.9 Å². The molecule has 0 bridgehead atoms. The smallest absolute Gasteiger partial charge is 0.237 e. The molecule has 3 atom stereocenters. The number of carbonyl (C=O) groups is 1. The van der Waals surface area contributed by atoms with Gasteiger partial charge in [-0.2, -0.15) is 0 Å². The maximum Gasteiger partial charge on any atom is 0.237 e. The van der Waals surface area contributed by atoms with Gasteiger partial charge in [0.15, 0.2) is 0 Å². The SMILES string of the molecule is CCC1CN(CC(=O)N2CCCCC2CC)C(CC)CN1. The second-order valence-corrected chi connectivity index (χ2v) is 6.65. The van der Waals surface area contributed by atoms with Crippen LogP contribution in [-0.4, -0.2) is 60.0 Å². The van der Waals surface area contributed by atoms with Crippen LogP contribution in [0.4, 0.5) is 0 Å². The van der Waals surface area contributed by atoms with Crippen molar-refractivity contribution in [3.63, 3.8) is 0 Å². The van der Waals surface area contributed by atoms with Crippen LogP contribution in [0.3, 0.4) is 0 Å². The summed E-state index contributed by atoms with van der Waals surface area (Å²) < 4.78 is 0. The number of nitrogens with zero attached hydrogens (tertiary/aromatic N) is 2. The number of hydrogen-bond donors (Lipinski definition) is 1. The van der Waals surface area contributed by atoms with Gasteiger partial charge in [0.25, 0.3) is 0 Å². The Kier molecular flexibility index (Phi) is 6.49. The molecule has 1 amide bonds. The first-order valence-electron chi connectivity index (χ1n) is 8.96. The molecule has 2 rings (SSSR count). The summed E-state index contributed by atoms with van der Waals surface area (Å²) in [7, 11) is 0. The molecule has 0 aliphatic carbocycles. The summed E-state index contributed by atoms with van der Waals surface area (Å²) in [6.07, 6.45) is 7.01. The number of piperidine rings is 1. The molecule has 0 aromatic carbocycles. The highest BCUT2D eigenvalue weighted by Gasteiger charge is 2.31. The van der Waals surface area contributed by atoms with E-state index in [4.69, 9.17) is 0 Å². The summed E-state index contributed by atoms with van der Waals surface area (Å²) in [5.41, 5.74) is 0. The van der Waals surface area contributed by atoms with E-state index in [0.29, 0.717) is 30.6 Å². The Morgan fingerprint density at radius 1 is 1.10 bits per heavy atom. The fourth-order valence-electron chi connectivity index (χ4n) is 3.82. The molecule has 2 aliphatic rings. The first-order chi connectivity index (χ1) is 10.2. The van der Waals surface area contributed by atoms with Crippen LogP contribution in [0.1, 0.15) is 59.3 Å². The van der Waals surface area contributed by atoms with E-state index < -0.39 is 0 Å². The van der Waals surface area contributed by atoms with Crippen LogP contribution in [0.5, 0.6) is 0 Å². The Bertz CT molecular complexity index is 334. The van der Waals surface area contributed by atoms with Crippen LogP contribution < -0.4 is 5.32 Å². The van der Waals surface area contributed by atoms with Gasteiger partial charge in [-0.25, -0.2) is 0 Å². The molecule has 122 valence electrons. The second kappa shape index (κ2) is 8.14. The van der Waals surface area contributed by atoms with Crippen LogP contribution in [0.2, 0.25) is 0 Å². The number of carbonyl (C=O) groups excluding carboxylic acids is 1. The van der Waals surface area contributed by atoms with Crippen molar-refractivity contribution in [1.82, 2.24) is 15.1 Å². The van der Waals surface area contributed by atoms with Crippen LogP contribution in [0.25, 0.3) is 0 Å². The van der Waals surface area contributed by atoms with Gasteiger partial charge in [0.1, 0.15) is 0 Å². The van der Waals surface area contributed by atoms with Gasteiger partial charge in [0.05, 0.1) is 6.54 Å². The molecule has 2 heterocycles. The predicted octanol–water partition coefficient (Wildman–Crippen LogP) is 2.24. The first-order valence-corrected chi connectivity index (χ1v) is 8.96. The lowest BCUT2D eigenvalue weighted by Gasteiger charge is -2.42. The number of amides is 1. The number of hydrogen-bond acceptors (Lipinski definition) is 3. The number of likely N-dealkylation sites (tertiary alicyclic amines) is 1. The fraction of sp³-hybridized carbons (Fsp3) is 0.941. The van der Waals surface area contributed by atoms with E-state index in [-0.39, 0.29) is 0 Å². The third-order valence-corrected chi connectivity index (χ3v) is 5.33. The van der Waals surface area contributed by atoms with Crippen molar-refractivity contribution in [1.29, 1.82) is 0 Å². The van der Waals surface area contributed by atoms with E-state index >= 15 is 0 Å². The Hall–Kier alpha value is -0.610. The van der Waals surface area contributed by atoms with Crippen molar-refractivity contribution in [2.45, 2.75) is 77.4 Å². The normalized spacial score (nSPS) is 31.4. The van der Waals surface area contributed by atoms with Gasteiger partial charge >= 0.3 is 0 Å². The van der Waals surface area contributed by atoms with E-state index in [1.54, 1.807) is 0 Å². The molecule has 0 aromatic heterocycles. The molecular weight excluding hydrogens is 262 g/mol. The van der Waals surface area contributed by atoms with Gasteiger partial charge in [-0.3, -0.25) is 9.69 Å². The van der Waals surface area contributed by atoms with Crippen LogP contribution in [0, 0.1) is 0 Å². The van der Waals surface area contributed by atoms with E-state index in [0.717, 1.165) is 38.9 Å². The van der Waals surface area contributed by atoms with Gasteiger partial charge in [0, 0.05) is 37.8 Å². The standard InChI is InChI=1S/C17H33N3O/c1-4-14-12-19(16(6-3)11-18-14)13-17(21)20-10-8-7-9-15(20)5-2/h14-16,18H,4-13H2,1-3H3. The largest absolute Gasteiger partial charge is 0.339 e. The zero-order valence-electron chi connectivity index (χ0n) is 14.1. The summed E-state index contributed by atoms with van der Waals surface area (Å²) in [5, 5.41) is 3.61. The molecule has 0 saturated carbocycles. The lowest BCUT2D eigenvalue weighted by molar-refractivity contribution is -0.137. The summed E-state index contributed by atoms with van der Waals surface area (Å²) in [5.74, 6) is 0.358. The van der Waals surface area contributed by atoms with Gasteiger partial charge in [-0.1, -0.05) is 20.8 Å².